The van der Waals surface area contributed by atoms with Crippen LogP contribution in [0.5, 0.6) is 0 Å². The van der Waals surface area contributed by atoms with Crippen LogP contribution >= 0.6 is 0 Å². The van der Waals surface area contributed by atoms with Crippen molar-refractivity contribution in [1.29, 1.82) is 0 Å². The molecule has 3 aromatic heterocycles. The second-order valence-electron chi connectivity index (χ2n) is 13.2. The summed E-state index contributed by atoms with van der Waals surface area (Å²) in [6.45, 7) is 6.54. The molecule has 264 valence electrons. The van der Waals surface area contributed by atoms with Gasteiger partial charge in [-0.25, -0.2) is 0 Å². The first kappa shape index (κ1) is 35.9. The molecule has 0 aliphatic carbocycles. The Kier molecular flexibility index (Phi) is 11.6. The lowest BCUT2D eigenvalue weighted by Gasteiger charge is -2.11. The second kappa shape index (κ2) is 17.4. The first-order valence-electron chi connectivity index (χ1n) is 19.0. The number of fused-ring (bicyclic) bond motifs is 3. The van der Waals surface area contributed by atoms with E-state index in [1.807, 2.05) is 36.8 Å². The van der Waals surface area contributed by atoms with Crippen LogP contribution in [0.3, 0.4) is 0 Å². The second-order valence-corrected chi connectivity index (χ2v) is 13.2. The number of aryl methyl sites for hydroxylation is 3. The normalized spacial score (nSPS) is 10.7. The van der Waals surface area contributed by atoms with E-state index in [1.165, 1.54) is 66.2 Å². The number of rotatable bonds is 6. The predicted octanol–water partition coefficient (Wildman–Crippen LogP) is 13.4. The van der Waals surface area contributed by atoms with E-state index in [4.69, 9.17) is 0 Å². The number of hydrogen-bond acceptors (Lipinski definition) is 3. The van der Waals surface area contributed by atoms with Crippen LogP contribution in [0, 0.1) is 0 Å². The fourth-order valence-electron chi connectivity index (χ4n) is 7.19. The van der Waals surface area contributed by atoms with Gasteiger partial charge >= 0.3 is 0 Å². The Hall–Kier alpha value is -6.45. The molecule has 0 amide bonds. The van der Waals surface area contributed by atoms with Crippen molar-refractivity contribution in [2.75, 3.05) is 0 Å². The van der Waals surface area contributed by atoms with Crippen LogP contribution in [0.15, 0.2) is 182 Å². The lowest BCUT2D eigenvalue weighted by molar-refractivity contribution is 1.12. The molecule has 3 heterocycles. The Labute approximate surface area is 319 Å². The van der Waals surface area contributed by atoms with Crippen LogP contribution in [0.4, 0.5) is 0 Å². The minimum absolute atomic E-state index is 1.00. The fraction of sp³-hybridized carbons (Fsp3) is 0.118. The van der Waals surface area contributed by atoms with Crippen LogP contribution in [0.2, 0.25) is 0 Å². The van der Waals surface area contributed by atoms with E-state index < -0.39 is 0 Å². The molecule has 0 saturated carbocycles. The van der Waals surface area contributed by atoms with Gasteiger partial charge in [-0.15, -0.1) is 0 Å². The molecule has 0 spiro atoms. The molecule has 0 aliphatic rings. The summed E-state index contributed by atoms with van der Waals surface area (Å²) in [6.07, 6.45) is 9.02. The SMILES string of the molecule is CCc1cnc2ccccc2c1-c1ccccc1.CCc1cnc2ccccc2c1-c1ccccc1.CCc1cnc2ccccc2c1-c1ccccc1. The highest BCUT2D eigenvalue weighted by atomic mass is 14.7. The van der Waals surface area contributed by atoms with E-state index in [0.29, 0.717) is 0 Å². The van der Waals surface area contributed by atoms with Crippen molar-refractivity contribution >= 4 is 32.7 Å². The Morgan fingerprint density at radius 2 is 0.537 bits per heavy atom. The van der Waals surface area contributed by atoms with Gasteiger partial charge in [-0.2, -0.15) is 0 Å². The third-order valence-corrected chi connectivity index (χ3v) is 9.89. The Bertz CT molecular complexity index is 2310. The van der Waals surface area contributed by atoms with Gasteiger partial charge < -0.3 is 0 Å². The average Bonchev–Trinajstić information content (AvgIpc) is 3.26. The van der Waals surface area contributed by atoms with E-state index in [2.05, 4.69) is 181 Å². The van der Waals surface area contributed by atoms with Crippen molar-refractivity contribution in [2.45, 2.75) is 40.0 Å². The largest absolute Gasteiger partial charge is 0.256 e. The summed E-state index contributed by atoms with van der Waals surface area (Å²) in [6, 6.07) is 56.7. The van der Waals surface area contributed by atoms with Crippen molar-refractivity contribution < 1.29 is 0 Å². The monoisotopic (exact) mass is 699 g/mol. The summed E-state index contributed by atoms with van der Waals surface area (Å²) in [5.74, 6) is 0. The molecule has 3 heteroatoms. The highest BCUT2D eigenvalue weighted by molar-refractivity contribution is 5.98. The lowest BCUT2D eigenvalue weighted by atomic mass is 9.95. The number of hydrogen-bond donors (Lipinski definition) is 0. The maximum atomic E-state index is 4.54. The van der Waals surface area contributed by atoms with Gasteiger partial charge in [0, 0.05) is 34.7 Å². The zero-order valence-electron chi connectivity index (χ0n) is 31.3. The van der Waals surface area contributed by atoms with E-state index in [-0.39, 0.29) is 0 Å². The van der Waals surface area contributed by atoms with Gasteiger partial charge in [0.2, 0.25) is 0 Å². The molecule has 9 aromatic rings. The smallest absolute Gasteiger partial charge is 0.0708 e. The van der Waals surface area contributed by atoms with Gasteiger partial charge in [-0.1, -0.05) is 166 Å². The number of benzene rings is 6. The molecule has 0 N–H and O–H groups in total. The highest BCUT2D eigenvalue weighted by Crippen LogP contribution is 2.33. The van der Waals surface area contributed by atoms with Gasteiger partial charge in [0.15, 0.2) is 0 Å². The summed E-state index contributed by atoms with van der Waals surface area (Å²) in [5, 5.41) is 3.72. The minimum Gasteiger partial charge on any atom is -0.256 e. The molecule has 0 atom stereocenters. The lowest BCUT2D eigenvalue weighted by Crippen LogP contribution is -1.92. The highest BCUT2D eigenvalue weighted by Gasteiger charge is 2.11. The van der Waals surface area contributed by atoms with E-state index in [0.717, 1.165) is 35.8 Å². The maximum absolute atomic E-state index is 4.54. The number of para-hydroxylation sites is 3. The maximum Gasteiger partial charge on any atom is 0.0708 e. The van der Waals surface area contributed by atoms with E-state index in [1.54, 1.807) is 0 Å². The Balaban J connectivity index is 0.000000125. The fourth-order valence-corrected chi connectivity index (χ4v) is 7.19. The van der Waals surface area contributed by atoms with Gasteiger partial charge in [0.25, 0.3) is 0 Å². The number of aromatic nitrogens is 3. The molecule has 0 saturated heterocycles. The molecule has 0 bridgehead atoms. The van der Waals surface area contributed by atoms with Gasteiger partial charge in [-0.3, -0.25) is 15.0 Å². The molecule has 6 aromatic carbocycles. The zero-order valence-corrected chi connectivity index (χ0v) is 31.3. The molecule has 0 aliphatic heterocycles. The van der Waals surface area contributed by atoms with Gasteiger partial charge in [0.1, 0.15) is 0 Å². The van der Waals surface area contributed by atoms with Crippen LogP contribution < -0.4 is 0 Å². The van der Waals surface area contributed by atoms with Crippen LogP contribution in [-0.4, -0.2) is 15.0 Å². The first-order chi connectivity index (χ1) is 26.7. The predicted molar refractivity (Wildman–Crippen MR) is 230 cm³/mol. The molecular formula is C51H45N3. The van der Waals surface area contributed by atoms with Crippen LogP contribution in [0.1, 0.15) is 37.5 Å². The van der Waals surface area contributed by atoms with E-state index >= 15 is 0 Å². The van der Waals surface area contributed by atoms with Crippen molar-refractivity contribution in [3.05, 3.63) is 199 Å². The molecule has 0 fully saturated rings. The summed E-state index contributed by atoms with van der Waals surface area (Å²) in [5.41, 5.74) is 14.9. The van der Waals surface area contributed by atoms with Gasteiger partial charge in [0.05, 0.1) is 16.6 Å². The van der Waals surface area contributed by atoms with E-state index in [9.17, 15) is 0 Å². The third-order valence-electron chi connectivity index (χ3n) is 9.89. The standard InChI is InChI=1S/3C17H15N/c3*1-2-13-12-18-16-11-7-6-10-15(16)17(13)14-8-4-3-5-9-14/h3*3-12H,2H2,1H3. The molecule has 0 radical (unpaired) electrons. The topological polar surface area (TPSA) is 38.7 Å². The van der Waals surface area contributed by atoms with Crippen molar-refractivity contribution in [2.24, 2.45) is 0 Å². The molecule has 3 nitrogen and oxygen atoms in total. The summed E-state index contributed by atoms with van der Waals surface area (Å²) >= 11 is 0. The number of nitrogens with zero attached hydrogens (tertiary/aromatic N) is 3. The Morgan fingerprint density at radius 1 is 0.296 bits per heavy atom. The van der Waals surface area contributed by atoms with Crippen molar-refractivity contribution in [1.82, 2.24) is 15.0 Å². The molecular weight excluding hydrogens is 655 g/mol. The molecule has 54 heavy (non-hydrogen) atoms. The zero-order chi connectivity index (χ0) is 37.1. The minimum atomic E-state index is 1.00. The first-order valence-corrected chi connectivity index (χ1v) is 19.0. The summed E-state index contributed by atoms with van der Waals surface area (Å²) in [4.78, 5) is 13.6. The third kappa shape index (κ3) is 7.82. The molecule has 9 rings (SSSR count). The average molecular weight is 700 g/mol. The molecule has 0 unspecified atom stereocenters. The quantitative estimate of drug-likeness (QED) is 0.173. The number of pyridine rings is 3. The van der Waals surface area contributed by atoms with Crippen molar-refractivity contribution in [3.8, 4) is 33.4 Å². The van der Waals surface area contributed by atoms with Gasteiger partial charge in [-0.05, 0) is 87.5 Å². The van der Waals surface area contributed by atoms with Crippen LogP contribution in [-0.2, 0) is 19.3 Å². The summed E-state index contributed by atoms with van der Waals surface area (Å²) < 4.78 is 0. The summed E-state index contributed by atoms with van der Waals surface area (Å²) in [7, 11) is 0. The van der Waals surface area contributed by atoms with Crippen LogP contribution in [0.25, 0.3) is 66.1 Å². The Morgan fingerprint density at radius 3 is 0.796 bits per heavy atom. The van der Waals surface area contributed by atoms with Crippen molar-refractivity contribution in [3.63, 3.8) is 0 Å².